The van der Waals surface area contributed by atoms with Crippen LogP contribution in [0.5, 0.6) is 11.5 Å². The van der Waals surface area contributed by atoms with Gasteiger partial charge in [0.25, 0.3) is 0 Å². The van der Waals surface area contributed by atoms with E-state index in [1.165, 1.54) is 0 Å². The van der Waals surface area contributed by atoms with Crippen molar-refractivity contribution in [2.24, 2.45) is 0 Å². The number of hydrogen-bond acceptors (Lipinski definition) is 5. The van der Waals surface area contributed by atoms with Gasteiger partial charge < -0.3 is 25.8 Å². The van der Waals surface area contributed by atoms with Gasteiger partial charge in [-0.1, -0.05) is 26.8 Å². The summed E-state index contributed by atoms with van der Waals surface area (Å²) in [5, 5.41) is 10.5. The molecule has 1 aromatic carbocycles. The highest BCUT2D eigenvalue weighted by Gasteiger charge is 2.30. The van der Waals surface area contributed by atoms with Crippen molar-refractivity contribution in [3.8, 4) is 11.5 Å². The molecule has 8 nitrogen and oxygen atoms in total. The number of nitrogens with two attached hydrogens (primary N) is 1. The van der Waals surface area contributed by atoms with Gasteiger partial charge in [0.1, 0.15) is 11.5 Å². The van der Waals surface area contributed by atoms with Crippen molar-refractivity contribution in [1.29, 1.82) is 0 Å². The highest BCUT2D eigenvalue weighted by molar-refractivity contribution is 5.93. The second-order valence-electron chi connectivity index (χ2n) is 9.26. The number of nitrogens with zero attached hydrogens (tertiary/aromatic N) is 2. The van der Waals surface area contributed by atoms with E-state index in [1.54, 1.807) is 18.9 Å². The molecule has 0 spiro atoms. The number of carbonyl (C=O) groups excluding carboxylic acids is 1. The largest absolute Gasteiger partial charge is 0.493 e. The predicted molar refractivity (Wildman–Crippen MR) is 121 cm³/mol. The van der Waals surface area contributed by atoms with E-state index in [2.05, 4.69) is 10.6 Å². The first-order valence-electron chi connectivity index (χ1n) is 10.0. The van der Waals surface area contributed by atoms with Crippen molar-refractivity contribution in [2.75, 3.05) is 31.8 Å². The summed E-state index contributed by atoms with van der Waals surface area (Å²) in [6.07, 6.45) is 0.649. The monoisotopic (exact) mass is 417 g/mol. The highest BCUT2D eigenvalue weighted by atomic mass is 16.5. The van der Waals surface area contributed by atoms with E-state index in [1.807, 2.05) is 59.7 Å². The van der Waals surface area contributed by atoms with Crippen molar-refractivity contribution < 1.29 is 14.3 Å². The zero-order valence-electron chi connectivity index (χ0n) is 19.3. The third kappa shape index (κ3) is 5.37. The normalized spacial score (nSPS) is 11.9. The lowest BCUT2D eigenvalue weighted by Gasteiger charge is -2.21. The van der Waals surface area contributed by atoms with E-state index >= 15 is 0 Å². The number of ether oxygens (including phenoxy) is 2. The third-order valence-corrected chi connectivity index (χ3v) is 4.65. The van der Waals surface area contributed by atoms with Crippen molar-refractivity contribution in [1.82, 2.24) is 15.1 Å². The lowest BCUT2D eigenvalue weighted by Crippen LogP contribution is -2.31. The summed E-state index contributed by atoms with van der Waals surface area (Å²) in [6.45, 7) is 12.7. The molecule has 2 amide bonds. The van der Waals surface area contributed by atoms with Gasteiger partial charge in [-0.25, -0.2) is 9.48 Å². The Bertz CT molecular complexity index is 891. The van der Waals surface area contributed by atoms with Crippen LogP contribution < -0.4 is 25.8 Å². The Morgan fingerprint density at radius 1 is 1.10 bits per heavy atom. The summed E-state index contributed by atoms with van der Waals surface area (Å²) < 4.78 is 12.3. The second-order valence-corrected chi connectivity index (χ2v) is 9.26. The fraction of sp³-hybridized carbons (Fsp3) is 0.545. The minimum Gasteiger partial charge on any atom is -0.493 e. The molecule has 0 aliphatic rings. The zero-order chi connectivity index (χ0) is 22.7. The number of benzene rings is 1. The number of methoxy groups -OCH3 is 2. The molecular formula is C22H35N5O3. The molecule has 0 saturated heterocycles. The fourth-order valence-electron chi connectivity index (χ4n) is 3.10. The lowest BCUT2D eigenvalue weighted by atomic mass is 9.91. The summed E-state index contributed by atoms with van der Waals surface area (Å²) in [7, 11) is 3.20. The molecule has 2 rings (SSSR count). The topological polar surface area (TPSA) is 103 Å². The maximum atomic E-state index is 12.6. The van der Waals surface area contributed by atoms with Crippen LogP contribution in [0.15, 0.2) is 18.2 Å². The molecule has 1 heterocycles. The van der Waals surface area contributed by atoms with Gasteiger partial charge in [0.05, 0.1) is 25.5 Å². The van der Waals surface area contributed by atoms with Crippen LogP contribution in [0.2, 0.25) is 0 Å². The van der Waals surface area contributed by atoms with Crippen LogP contribution in [-0.2, 0) is 17.4 Å². The molecule has 0 aliphatic heterocycles. The average Bonchev–Trinajstić information content (AvgIpc) is 2.98. The Labute approximate surface area is 179 Å². The smallest absolute Gasteiger partial charge is 0.319 e. The zero-order valence-corrected chi connectivity index (χ0v) is 19.3. The minimum atomic E-state index is -0.318. The van der Waals surface area contributed by atoms with Gasteiger partial charge in [-0.05, 0) is 44.9 Å². The number of nitrogens with one attached hydrogen (secondary N) is 2. The molecule has 0 atom stereocenters. The van der Waals surface area contributed by atoms with Crippen LogP contribution in [0, 0.1) is 0 Å². The Morgan fingerprint density at radius 2 is 1.73 bits per heavy atom. The number of anilines is 2. The molecule has 8 heteroatoms. The molecule has 0 saturated carbocycles. The molecule has 0 radical (unpaired) electrons. The quantitative estimate of drug-likeness (QED) is 0.661. The second kappa shape index (κ2) is 8.85. The number of rotatable bonds is 6. The van der Waals surface area contributed by atoms with Crippen LogP contribution in [-0.4, -0.2) is 36.6 Å². The summed E-state index contributed by atoms with van der Waals surface area (Å²) in [6, 6.07) is 5.39. The number of hydrogen-bond donors (Lipinski definition) is 3. The molecule has 0 bridgehead atoms. The van der Waals surface area contributed by atoms with Crippen LogP contribution in [0.1, 0.15) is 52.8 Å². The van der Waals surface area contributed by atoms with E-state index in [-0.39, 0.29) is 17.0 Å². The van der Waals surface area contributed by atoms with Gasteiger partial charge >= 0.3 is 6.03 Å². The van der Waals surface area contributed by atoms with Gasteiger partial charge in [-0.2, -0.15) is 5.10 Å². The molecule has 2 aromatic rings. The maximum absolute atomic E-state index is 12.6. The summed E-state index contributed by atoms with van der Waals surface area (Å²) in [5.41, 5.74) is 8.12. The molecule has 0 fully saturated rings. The number of carbonyl (C=O) groups is 1. The summed E-state index contributed by atoms with van der Waals surface area (Å²) in [5.74, 6) is 1.78. The van der Waals surface area contributed by atoms with Crippen molar-refractivity contribution >= 4 is 17.5 Å². The van der Waals surface area contributed by atoms with Gasteiger partial charge in [-0.3, -0.25) is 0 Å². The first-order chi connectivity index (χ1) is 13.9. The Balaban J connectivity index is 2.09. The van der Waals surface area contributed by atoms with Crippen LogP contribution in [0.4, 0.5) is 16.3 Å². The highest BCUT2D eigenvalue weighted by Crippen LogP contribution is 2.35. The molecular weight excluding hydrogens is 382 g/mol. The molecule has 1 aromatic heterocycles. The summed E-state index contributed by atoms with van der Waals surface area (Å²) >= 11 is 0. The van der Waals surface area contributed by atoms with Gasteiger partial charge in [0.15, 0.2) is 11.5 Å². The predicted octanol–water partition coefficient (Wildman–Crippen LogP) is 3.90. The fourth-order valence-corrected chi connectivity index (χ4v) is 3.10. The van der Waals surface area contributed by atoms with Crippen molar-refractivity contribution in [3.63, 3.8) is 0 Å². The molecule has 0 unspecified atom stereocenters. The first kappa shape index (κ1) is 23.4. The standard InChI is InChI=1S/C22H35N5O3/c1-21(2,3)18-17(19(23)27(26-18)22(4,5)6)25-20(28)24-12-11-14-9-10-15(29-7)16(13-14)30-8/h9-10,13H,11-12,23H2,1-8H3,(H2,24,25,28). The summed E-state index contributed by atoms with van der Waals surface area (Å²) in [4.78, 5) is 12.6. The van der Waals surface area contributed by atoms with Crippen LogP contribution in [0.3, 0.4) is 0 Å². The number of amides is 2. The SMILES string of the molecule is COc1ccc(CCNC(=O)Nc2c(C(C)(C)C)nn(C(C)(C)C)c2N)cc1OC. The van der Waals surface area contributed by atoms with Gasteiger partial charge in [0.2, 0.25) is 0 Å². The molecule has 4 N–H and O–H groups in total. The Morgan fingerprint density at radius 3 is 2.27 bits per heavy atom. The van der Waals surface area contributed by atoms with E-state index in [0.717, 1.165) is 11.3 Å². The Hall–Kier alpha value is -2.90. The lowest BCUT2D eigenvalue weighted by molar-refractivity contribution is 0.252. The molecule has 166 valence electrons. The van der Waals surface area contributed by atoms with E-state index < -0.39 is 0 Å². The van der Waals surface area contributed by atoms with E-state index in [9.17, 15) is 4.79 Å². The number of nitrogen functional groups attached to an aromatic ring is 1. The molecule has 0 aliphatic carbocycles. The van der Waals surface area contributed by atoms with Crippen molar-refractivity contribution in [2.45, 2.75) is 58.9 Å². The third-order valence-electron chi connectivity index (χ3n) is 4.65. The van der Waals surface area contributed by atoms with E-state index in [4.69, 9.17) is 20.3 Å². The van der Waals surface area contributed by atoms with E-state index in [0.29, 0.717) is 36.0 Å². The number of urea groups is 1. The first-order valence-corrected chi connectivity index (χ1v) is 10.0. The Kier molecular flexibility index (Phi) is 6.90. The van der Waals surface area contributed by atoms with Gasteiger partial charge in [-0.15, -0.1) is 0 Å². The van der Waals surface area contributed by atoms with Crippen LogP contribution >= 0.6 is 0 Å². The maximum Gasteiger partial charge on any atom is 0.319 e. The average molecular weight is 418 g/mol. The number of aromatic nitrogens is 2. The molecule has 30 heavy (non-hydrogen) atoms. The van der Waals surface area contributed by atoms with Crippen molar-refractivity contribution in [3.05, 3.63) is 29.5 Å². The van der Waals surface area contributed by atoms with Gasteiger partial charge in [0, 0.05) is 12.0 Å². The van der Waals surface area contributed by atoms with Crippen LogP contribution in [0.25, 0.3) is 0 Å². The minimum absolute atomic E-state index is 0.271.